The molecule has 4 heteroatoms. The molecular weight excluding hydrogens is 271 g/mol. The highest BCUT2D eigenvalue weighted by Gasteiger charge is 2.16. The van der Waals surface area contributed by atoms with Gasteiger partial charge in [0.25, 0.3) is 8.38 Å². The highest BCUT2D eigenvalue weighted by atomic mass is 31.2. The highest BCUT2D eigenvalue weighted by Crippen LogP contribution is 2.39. The van der Waals surface area contributed by atoms with Crippen molar-refractivity contribution in [1.29, 1.82) is 0 Å². The molecule has 2 rings (SSSR count). The topological polar surface area (TPSA) is 27.7 Å². The van der Waals surface area contributed by atoms with E-state index in [1.165, 1.54) is 0 Å². The minimum atomic E-state index is -1.12. The number of para-hydroxylation sites is 1. The van der Waals surface area contributed by atoms with Gasteiger partial charge in [0.2, 0.25) is 0 Å². The number of ether oxygens (including phenoxy) is 1. The normalized spacial score (nSPS) is 11.9. The summed E-state index contributed by atoms with van der Waals surface area (Å²) in [6, 6.07) is 15.8. The van der Waals surface area contributed by atoms with Gasteiger partial charge in [-0.3, -0.25) is 0 Å². The smallest absolute Gasteiger partial charge is 0.265 e. The Morgan fingerprint density at radius 2 is 1.70 bits per heavy atom. The first-order valence-corrected chi connectivity index (χ1v) is 7.73. The third-order valence-electron chi connectivity index (χ3n) is 2.80. The molecule has 2 aromatic carbocycles. The number of hydrogen-bond acceptors (Lipinski definition) is 3. The fourth-order valence-corrected chi connectivity index (χ4v) is 3.04. The zero-order valence-electron chi connectivity index (χ0n) is 12.0. The number of rotatable bonds is 6. The van der Waals surface area contributed by atoms with Crippen molar-refractivity contribution in [2.75, 3.05) is 13.7 Å². The van der Waals surface area contributed by atoms with Gasteiger partial charge in [-0.25, -0.2) is 0 Å². The summed E-state index contributed by atoms with van der Waals surface area (Å²) in [5.74, 6) is 1.69. The van der Waals surface area contributed by atoms with Crippen LogP contribution in [0.15, 0.2) is 48.5 Å². The molecule has 0 aliphatic carbocycles. The van der Waals surface area contributed by atoms with E-state index in [4.69, 9.17) is 13.8 Å². The monoisotopic (exact) mass is 290 g/mol. The van der Waals surface area contributed by atoms with Crippen LogP contribution in [0.5, 0.6) is 11.5 Å². The van der Waals surface area contributed by atoms with Crippen LogP contribution < -0.4 is 14.6 Å². The highest BCUT2D eigenvalue weighted by molar-refractivity contribution is 7.56. The van der Waals surface area contributed by atoms with E-state index < -0.39 is 8.38 Å². The van der Waals surface area contributed by atoms with E-state index in [1.807, 2.05) is 62.4 Å². The maximum Gasteiger partial charge on any atom is 0.265 e. The van der Waals surface area contributed by atoms with E-state index in [9.17, 15) is 0 Å². The van der Waals surface area contributed by atoms with Gasteiger partial charge in [-0.05, 0) is 49.7 Å². The number of hydrogen-bond donors (Lipinski definition) is 0. The molecule has 0 heterocycles. The van der Waals surface area contributed by atoms with E-state index >= 15 is 0 Å². The average Bonchev–Trinajstić information content (AvgIpc) is 2.49. The molecule has 0 N–H and O–H groups in total. The lowest BCUT2D eigenvalue weighted by Crippen LogP contribution is -2.08. The Morgan fingerprint density at radius 1 is 1.00 bits per heavy atom. The Bertz CT molecular complexity index is 540. The van der Waals surface area contributed by atoms with Crippen molar-refractivity contribution in [2.24, 2.45) is 0 Å². The van der Waals surface area contributed by atoms with Gasteiger partial charge in [0.05, 0.1) is 13.7 Å². The molecule has 0 aliphatic rings. The van der Waals surface area contributed by atoms with Crippen LogP contribution in [0.2, 0.25) is 0 Å². The molecule has 20 heavy (non-hydrogen) atoms. The quantitative estimate of drug-likeness (QED) is 0.751. The van der Waals surface area contributed by atoms with E-state index in [0.29, 0.717) is 6.61 Å². The number of methoxy groups -OCH3 is 1. The fraction of sp³-hybridized carbons (Fsp3) is 0.250. The van der Waals surface area contributed by atoms with Crippen LogP contribution in [-0.4, -0.2) is 13.7 Å². The van der Waals surface area contributed by atoms with Crippen LogP contribution in [0.4, 0.5) is 0 Å². The summed E-state index contributed by atoms with van der Waals surface area (Å²) in [5.41, 5.74) is 1.10. The summed E-state index contributed by atoms with van der Waals surface area (Å²) in [6.45, 7) is 4.62. The second kappa shape index (κ2) is 7.28. The average molecular weight is 290 g/mol. The maximum absolute atomic E-state index is 6.05. The van der Waals surface area contributed by atoms with Crippen LogP contribution >= 0.6 is 8.38 Å². The molecule has 1 unspecified atom stereocenters. The van der Waals surface area contributed by atoms with Gasteiger partial charge in [-0.15, -0.1) is 0 Å². The Balaban J connectivity index is 2.19. The molecule has 0 aliphatic heterocycles. The lowest BCUT2D eigenvalue weighted by Gasteiger charge is -2.18. The predicted octanol–water partition coefficient (Wildman–Crippen LogP) is 4.06. The van der Waals surface area contributed by atoms with Gasteiger partial charge < -0.3 is 13.8 Å². The summed E-state index contributed by atoms with van der Waals surface area (Å²) >= 11 is 0. The first-order valence-electron chi connectivity index (χ1n) is 6.55. The van der Waals surface area contributed by atoms with Crippen molar-refractivity contribution in [3.05, 3.63) is 54.1 Å². The van der Waals surface area contributed by atoms with Crippen LogP contribution in [0, 0.1) is 6.92 Å². The molecule has 0 radical (unpaired) electrons. The molecule has 2 aromatic rings. The minimum absolute atomic E-state index is 0.615. The molecule has 0 fully saturated rings. The summed E-state index contributed by atoms with van der Waals surface area (Å²) < 4.78 is 17.0. The maximum atomic E-state index is 6.05. The fourth-order valence-electron chi connectivity index (χ4n) is 1.72. The molecule has 3 nitrogen and oxygen atoms in total. The molecular formula is C16H19O3P. The number of aryl methyl sites for hydroxylation is 1. The molecule has 1 atom stereocenters. The summed E-state index contributed by atoms with van der Waals surface area (Å²) in [7, 11) is 0.536. The standard InChI is InChI=1S/C16H19O3P/c1-4-18-20(15-11-9-14(17-3)10-12-15)19-16-8-6-5-7-13(16)2/h5-12H,4H2,1-3H3. The number of benzene rings is 2. The molecule has 0 aromatic heterocycles. The second-order valence-corrected chi connectivity index (χ2v) is 5.70. The largest absolute Gasteiger partial charge is 0.497 e. The Hall–Kier alpha value is -1.57. The molecule has 0 bridgehead atoms. The van der Waals surface area contributed by atoms with E-state index in [-0.39, 0.29) is 0 Å². The first-order chi connectivity index (χ1) is 9.74. The van der Waals surface area contributed by atoms with Crippen molar-refractivity contribution >= 4 is 13.7 Å². The predicted molar refractivity (Wildman–Crippen MR) is 83.0 cm³/mol. The Morgan fingerprint density at radius 3 is 2.30 bits per heavy atom. The summed E-state index contributed by atoms with van der Waals surface area (Å²) in [5, 5.41) is 1.03. The Labute approximate surface area is 121 Å². The molecule has 0 saturated carbocycles. The summed E-state index contributed by atoms with van der Waals surface area (Å²) in [4.78, 5) is 0. The second-order valence-electron chi connectivity index (χ2n) is 4.23. The van der Waals surface area contributed by atoms with Gasteiger partial charge >= 0.3 is 0 Å². The van der Waals surface area contributed by atoms with E-state index in [1.54, 1.807) is 7.11 Å². The van der Waals surface area contributed by atoms with Crippen molar-refractivity contribution in [1.82, 2.24) is 0 Å². The zero-order chi connectivity index (χ0) is 14.4. The van der Waals surface area contributed by atoms with Crippen molar-refractivity contribution in [3.8, 4) is 11.5 Å². The molecule has 0 saturated heterocycles. The van der Waals surface area contributed by atoms with Gasteiger partial charge in [-0.2, -0.15) is 0 Å². The van der Waals surface area contributed by atoms with E-state index in [2.05, 4.69) is 0 Å². The van der Waals surface area contributed by atoms with Crippen LogP contribution in [0.25, 0.3) is 0 Å². The lowest BCUT2D eigenvalue weighted by molar-refractivity contribution is 0.341. The first kappa shape index (κ1) is 14.8. The van der Waals surface area contributed by atoms with Gasteiger partial charge in [-0.1, -0.05) is 18.2 Å². The lowest BCUT2D eigenvalue weighted by atomic mass is 10.2. The van der Waals surface area contributed by atoms with Crippen LogP contribution in [0.1, 0.15) is 12.5 Å². The van der Waals surface area contributed by atoms with Crippen LogP contribution in [-0.2, 0) is 4.52 Å². The SMILES string of the molecule is CCOP(Oc1ccccc1C)c1ccc(OC)cc1. The third kappa shape index (κ3) is 3.72. The zero-order valence-corrected chi connectivity index (χ0v) is 12.9. The minimum Gasteiger partial charge on any atom is -0.497 e. The van der Waals surface area contributed by atoms with Crippen LogP contribution in [0.3, 0.4) is 0 Å². The van der Waals surface area contributed by atoms with Crippen molar-refractivity contribution in [2.45, 2.75) is 13.8 Å². The third-order valence-corrected chi connectivity index (χ3v) is 4.38. The molecule has 0 spiro atoms. The molecule has 0 amide bonds. The summed E-state index contributed by atoms with van der Waals surface area (Å²) in [6.07, 6.45) is 0. The van der Waals surface area contributed by atoms with Crippen molar-refractivity contribution < 1.29 is 13.8 Å². The van der Waals surface area contributed by atoms with Crippen molar-refractivity contribution in [3.63, 3.8) is 0 Å². The van der Waals surface area contributed by atoms with E-state index in [0.717, 1.165) is 22.4 Å². The molecule has 106 valence electrons. The van der Waals surface area contributed by atoms with Gasteiger partial charge in [0.1, 0.15) is 11.5 Å². The van der Waals surface area contributed by atoms with Gasteiger partial charge in [0.15, 0.2) is 0 Å². The Kier molecular flexibility index (Phi) is 5.40. The van der Waals surface area contributed by atoms with Gasteiger partial charge in [0, 0.05) is 5.30 Å².